The number of benzene rings is 2. The first kappa shape index (κ1) is 16.9. The summed E-state index contributed by atoms with van der Waals surface area (Å²) in [5.41, 5.74) is 7.33. The zero-order chi connectivity index (χ0) is 15.9. The molecule has 2 aromatic rings. The number of thioether (sulfide) groups is 1. The maximum Gasteiger partial charge on any atom is 0.180 e. The third kappa shape index (κ3) is 4.76. The molecule has 0 saturated heterocycles. The second kappa shape index (κ2) is 8.22. The first-order valence-corrected chi connectivity index (χ1v) is 8.44. The minimum absolute atomic E-state index is 0.0157. The Labute approximate surface area is 146 Å². The fraction of sp³-hybridized carbons (Fsp3) is 0.0667. The molecule has 2 aromatic carbocycles. The Morgan fingerprint density at radius 2 is 2.00 bits per heavy atom. The molecule has 0 radical (unpaired) electrons. The second-order valence-electron chi connectivity index (χ2n) is 4.25. The topological polar surface area (TPSA) is 71.0 Å². The molecule has 0 bridgehead atoms. The number of aromatic hydroxyl groups is 1. The van der Waals surface area contributed by atoms with E-state index >= 15 is 0 Å². The molecule has 0 fully saturated rings. The molecule has 0 unspecified atom stereocenters. The van der Waals surface area contributed by atoms with Gasteiger partial charge < -0.3 is 10.8 Å². The molecule has 4 nitrogen and oxygen atoms in total. The number of phenols is 1. The summed E-state index contributed by atoms with van der Waals surface area (Å²) in [6.07, 6.45) is 1.37. The van der Waals surface area contributed by atoms with Crippen LogP contribution in [0.4, 0.5) is 0 Å². The van der Waals surface area contributed by atoms with Gasteiger partial charge in [0.15, 0.2) is 5.17 Å². The number of nitrogens with two attached hydrogens (primary N) is 1. The lowest BCUT2D eigenvalue weighted by molar-refractivity contribution is 0.471. The van der Waals surface area contributed by atoms with Crippen molar-refractivity contribution in [2.45, 2.75) is 5.75 Å². The van der Waals surface area contributed by atoms with Crippen LogP contribution in [0.5, 0.6) is 5.75 Å². The normalized spacial score (nSPS) is 12.0. The summed E-state index contributed by atoms with van der Waals surface area (Å²) in [5, 5.41) is 18.4. The molecule has 2 rings (SSSR count). The number of amidine groups is 1. The summed E-state index contributed by atoms with van der Waals surface area (Å²) in [6.45, 7) is 0. The minimum Gasteiger partial charge on any atom is -0.506 e. The highest BCUT2D eigenvalue weighted by Gasteiger charge is 2.07. The average Bonchev–Trinajstić information content (AvgIpc) is 2.53. The highest BCUT2D eigenvalue weighted by atomic mass is 79.9. The van der Waals surface area contributed by atoms with E-state index in [1.165, 1.54) is 18.0 Å². The van der Waals surface area contributed by atoms with Gasteiger partial charge in [-0.25, -0.2) is 0 Å². The molecule has 0 atom stereocenters. The van der Waals surface area contributed by atoms with Crippen molar-refractivity contribution in [2.75, 3.05) is 0 Å². The number of nitrogens with zero attached hydrogens (tertiary/aromatic N) is 2. The molecular formula is C15H13BrClN3OS. The van der Waals surface area contributed by atoms with Gasteiger partial charge in [0.2, 0.25) is 0 Å². The maximum absolute atomic E-state index is 9.89. The van der Waals surface area contributed by atoms with Gasteiger partial charge in [-0.05, 0) is 33.6 Å². The molecule has 0 spiro atoms. The Hall–Kier alpha value is -1.50. The standard InChI is InChI=1S/C15H13BrClN3OS/c16-12-6-7-13(17)11(14(12)21)8-19-20-15(18)22-9-10-4-2-1-3-5-10/h1-8,21H,9H2,(H2,18,20). The zero-order valence-corrected chi connectivity index (χ0v) is 14.6. The van der Waals surface area contributed by atoms with E-state index < -0.39 is 0 Å². The van der Waals surface area contributed by atoms with Gasteiger partial charge in [0.25, 0.3) is 0 Å². The second-order valence-corrected chi connectivity index (χ2v) is 6.51. The number of hydrogen-bond donors (Lipinski definition) is 2. The van der Waals surface area contributed by atoms with Gasteiger partial charge in [0, 0.05) is 5.75 Å². The van der Waals surface area contributed by atoms with Crippen LogP contribution in [-0.4, -0.2) is 16.5 Å². The van der Waals surface area contributed by atoms with Gasteiger partial charge in [-0.1, -0.05) is 53.7 Å². The monoisotopic (exact) mass is 397 g/mol. The lowest BCUT2D eigenvalue weighted by Gasteiger charge is -2.03. The molecule has 0 heterocycles. The van der Waals surface area contributed by atoms with E-state index in [9.17, 15) is 5.11 Å². The molecule has 3 N–H and O–H groups in total. The third-order valence-corrected chi connectivity index (χ3v) is 4.51. The smallest absolute Gasteiger partial charge is 0.180 e. The van der Waals surface area contributed by atoms with Gasteiger partial charge in [-0.2, -0.15) is 5.10 Å². The molecular weight excluding hydrogens is 386 g/mol. The summed E-state index contributed by atoms with van der Waals surface area (Å²) in [4.78, 5) is 0. The van der Waals surface area contributed by atoms with Gasteiger partial charge in [-0.3, -0.25) is 0 Å². The van der Waals surface area contributed by atoms with E-state index in [0.29, 0.717) is 26.0 Å². The number of rotatable bonds is 4. The predicted molar refractivity (Wildman–Crippen MR) is 97.8 cm³/mol. The highest BCUT2D eigenvalue weighted by molar-refractivity contribution is 9.10. The quantitative estimate of drug-likeness (QED) is 0.456. The maximum atomic E-state index is 9.89. The van der Waals surface area contributed by atoms with Crippen molar-refractivity contribution in [3.8, 4) is 5.75 Å². The molecule has 0 aromatic heterocycles. The van der Waals surface area contributed by atoms with Crippen LogP contribution in [0.3, 0.4) is 0 Å². The fourth-order valence-electron chi connectivity index (χ4n) is 1.58. The molecule has 0 aliphatic carbocycles. The predicted octanol–water partition coefficient (Wildman–Crippen LogP) is 4.39. The highest BCUT2D eigenvalue weighted by Crippen LogP contribution is 2.31. The molecule has 7 heteroatoms. The summed E-state index contributed by atoms with van der Waals surface area (Å²) in [7, 11) is 0. The van der Waals surface area contributed by atoms with Crippen molar-refractivity contribution in [1.82, 2.24) is 0 Å². The van der Waals surface area contributed by atoms with Gasteiger partial charge >= 0.3 is 0 Å². The summed E-state index contributed by atoms with van der Waals surface area (Å²) in [5.74, 6) is 0.733. The van der Waals surface area contributed by atoms with E-state index in [0.717, 1.165) is 5.56 Å². The number of halogens is 2. The van der Waals surface area contributed by atoms with Gasteiger partial charge in [-0.15, -0.1) is 5.10 Å². The van der Waals surface area contributed by atoms with E-state index in [2.05, 4.69) is 26.1 Å². The lowest BCUT2D eigenvalue weighted by Crippen LogP contribution is -2.06. The van der Waals surface area contributed by atoms with Crippen molar-refractivity contribution < 1.29 is 5.11 Å². The van der Waals surface area contributed by atoms with Crippen LogP contribution in [-0.2, 0) is 5.75 Å². The van der Waals surface area contributed by atoms with E-state index in [-0.39, 0.29) is 5.75 Å². The summed E-state index contributed by atoms with van der Waals surface area (Å²) in [6, 6.07) is 13.3. The number of phenolic OH excluding ortho intramolecular Hbond substituents is 1. The lowest BCUT2D eigenvalue weighted by atomic mass is 10.2. The van der Waals surface area contributed by atoms with Crippen molar-refractivity contribution in [2.24, 2.45) is 15.9 Å². The Morgan fingerprint density at radius 3 is 2.73 bits per heavy atom. The fourth-order valence-corrected chi connectivity index (χ4v) is 2.74. The van der Waals surface area contributed by atoms with Crippen LogP contribution in [0.25, 0.3) is 0 Å². The van der Waals surface area contributed by atoms with E-state index in [1.807, 2.05) is 30.3 Å². The van der Waals surface area contributed by atoms with Crippen molar-refractivity contribution in [3.63, 3.8) is 0 Å². The SMILES string of the molecule is NC(=NN=Cc1c(Cl)ccc(Br)c1O)SCc1ccccc1. The Morgan fingerprint density at radius 1 is 1.27 bits per heavy atom. The number of hydrogen-bond acceptors (Lipinski definition) is 4. The Balaban J connectivity index is 2.00. The molecule has 0 aliphatic heterocycles. The van der Waals surface area contributed by atoms with Crippen LogP contribution >= 0.6 is 39.3 Å². The van der Waals surface area contributed by atoms with Crippen molar-refractivity contribution in [1.29, 1.82) is 0 Å². The van der Waals surface area contributed by atoms with Crippen molar-refractivity contribution in [3.05, 3.63) is 63.1 Å². The van der Waals surface area contributed by atoms with E-state index in [4.69, 9.17) is 17.3 Å². The van der Waals surface area contributed by atoms with Crippen LogP contribution in [0.15, 0.2) is 57.1 Å². The van der Waals surface area contributed by atoms with Gasteiger partial charge in [0.05, 0.1) is 21.3 Å². The first-order chi connectivity index (χ1) is 10.6. The summed E-state index contributed by atoms with van der Waals surface area (Å²) < 4.78 is 0.536. The molecule has 0 amide bonds. The van der Waals surface area contributed by atoms with Crippen LogP contribution < -0.4 is 5.73 Å². The molecule has 114 valence electrons. The Bertz CT molecular complexity index is 707. The van der Waals surface area contributed by atoms with Crippen LogP contribution in [0.2, 0.25) is 5.02 Å². The molecule has 0 saturated carbocycles. The Kier molecular flexibility index (Phi) is 6.30. The van der Waals surface area contributed by atoms with Crippen molar-refractivity contribution >= 4 is 50.7 Å². The average molecular weight is 399 g/mol. The van der Waals surface area contributed by atoms with Gasteiger partial charge in [0.1, 0.15) is 5.75 Å². The van der Waals surface area contributed by atoms with Crippen LogP contribution in [0.1, 0.15) is 11.1 Å². The summed E-state index contributed by atoms with van der Waals surface area (Å²) >= 11 is 10.6. The first-order valence-electron chi connectivity index (χ1n) is 6.28. The van der Waals surface area contributed by atoms with E-state index in [1.54, 1.807) is 12.1 Å². The molecule has 0 aliphatic rings. The third-order valence-electron chi connectivity index (χ3n) is 2.69. The van der Waals surface area contributed by atoms with Crippen LogP contribution in [0, 0.1) is 0 Å². The largest absolute Gasteiger partial charge is 0.506 e. The minimum atomic E-state index is 0.0157. The molecule has 22 heavy (non-hydrogen) atoms. The zero-order valence-electron chi connectivity index (χ0n) is 11.4.